The van der Waals surface area contributed by atoms with E-state index < -0.39 is 10.0 Å². The van der Waals surface area contributed by atoms with Crippen LogP contribution in [-0.4, -0.2) is 51.3 Å². The summed E-state index contributed by atoms with van der Waals surface area (Å²) in [6.45, 7) is 0.727. The van der Waals surface area contributed by atoms with E-state index in [1.165, 1.54) is 31.6 Å². The van der Waals surface area contributed by atoms with Crippen molar-refractivity contribution in [3.8, 4) is 11.5 Å². The Balaban J connectivity index is 2.46. The first-order valence-electron chi connectivity index (χ1n) is 5.83. The van der Waals surface area contributed by atoms with Gasteiger partial charge in [0.15, 0.2) is 0 Å². The Bertz CT molecular complexity index is 514. The van der Waals surface area contributed by atoms with Gasteiger partial charge in [-0.1, -0.05) is 6.07 Å². The average Bonchev–Trinajstić information content (AvgIpc) is 2.35. The highest BCUT2D eigenvalue weighted by atomic mass is 32.2. The van der Waals surface area contributed by atoms with E-state index in [-0.39, 0.29) is 11.5 Å². The molecule has 19 heavy (non-hydrogen) atoms. The summed E-state index contributed by atoms with van der Waals surface area (Å²) in [6, 6.07) is 5.00. The molecule has 0 aromatic heterocycles. The molecule has 1 aromatic carbocycles. The van der Waals surface area contributed by atoms with Gasteiger partial charge in [0.05, 0.1) is 12.9 Å². The van der Waals surface area contributed by atoms with Crippen LogP contribution in [0.4, 0.5) is 0 Å². The van der Waals surface area contributed by atoms with E-state index in [1.807, 2.05) is 0 Å². The third-order valence-corrected chi connectivity index (χ3v) is 4.53. The maximum Gasteiger partial charge on any atom is 0.214 e. The fourth-order valence-corrected chi connectivity index (χ4v) is 2.19. The van der Waals surface area contributed by atoms with Crippen LogP contribution in [0.2, 0.25) is 0 Å². The standard InChI is InChI=1S/C12H20N2O4S/c1-14(2)19(16,17)7-6-13-9-10-4-5-11(18-3)8-12(10)15/h4-5,8,13,15H,6-7,9H2,1-3H3. The third kappa shape index (κ3) is 4.70. The SMILES string of the molecule is COc1ccc(CNCCS(=O)(=O)N(C)C)c(O)c1. The molecule has 0 aliphatic heterocycles. The molecule has 0 radical (unpaired) electrons. The second-order valence-corrected chi connectivity index (χ2v) is 6.57. The third-order valence-electron chi connectivity index (χ3n) is 2.70. The summed E-state index contributed by atoms with van der Waals surface area (Å²) in [4.78, 5) is 0. The van der Waals surface area contributed by atoms with Gasteiger partial charge in [0, 0.05) is 38.8 Å². The summed E-state index contributed by atoms with van der Waals surface area (Å²) >= 11 is 0. The highest BCUT2D eigenvalue weighted by Gasteiger charge is 2.12. The van der Waals surface area contributed by atoms with Crippen LogP contribution < -0.4 is 10.1 Å². The first-order valence-corrected chi connectivity index (χ1v) is 7.44. The maximum atomic E-state index is 11.5. The highest BCUT2D eigenvalue weighted by Crippen LogP contribution is 2.22. The molecule has 0 fully saturated rings. The topological polar surface area (TPSA) is 78.9 Å². The number of phenolic OH excluding ortho intramolecular Hbond substituents is 1. The first kappa shape index (κ1) is 15.7. The zero-order chi connectivity index (χ0) is 14.5. The molecule has 108 valence electrons. The van der Waals surface area contributed by atoms with Crippen LogP contribution in [0.3, 0.4) is 0 Å². The summed E-state index contributed by atoms with van der Waals surface area (Å²) in [7, 11) is 1.35. The molecule has 0 bridgehead atoms. The van der Waals surface area contributed by atoms with Crippen molar-refractivity contribution in [1.82, 2.24) is 9.62 Å². The van der Waals surface area contributed by atoms with E-state index in [1.54, 1.807) is 12.1 Å². The van der Waals surface area contributed by atoms with Gasteiger partial charge in [0.25, 0.3) is 0 Å². The molecule has 0 spiro atoms. The molecule has 0 saturated heterocycles. The fraction of sp³-hybridized carbons (Fsp3) is 0.500. The molecule has 0 aliphatic carbocycles. The minimum Gasteiger partial charge on any atom is -0.507 e. The molecule has 6 nitrogen and oxygen atoms in total. The van der Waals surface area contributed by atoms with E-state index in [2.05, 4.69) is 5.32 Å². The van der Waals surface area contributed by atoms with E-state index in [4.69, 9.17) is 4.74 Å². The number of nitrogens with one attached hydrogen (secondary N) is 1. The van der Waals surface area contributed by atoms with Gasteiger partial charge in [0.1, 0.15) is 11.5 Å². The Labute approximate surface area is 114 Å². The van der Waals surface area contributed by atoms with Gasteiger partial charge in [-0.3, -0.25) is 0 Å². The van der Waals surface area contributed by atoms with Crippen molar-refractivity contribution in [2.45, 2.75) is 6.54 Å². The van der Waals surface area contributed by atoms with Crippen LogP contribution in [0.15, 0.2) is 18.2 Å². The molecule has 0 amide bonds. The lowest BCUT2D eigenvalue weighted by Crippen LogP contribution is -2.31. The van der Waals surface area contributed by atoms with Gasteiger partial charge in [-0.2, -0.15) is 0 Å². The van der Waals surface area contributed by atoms with Crippen molar-refractivity contribution in [3.05, 3.63) is 23.8 Å². The molecular formula is C12H20N2O4S. The van der Waals surface area contributed by atoms with Crippen LogP contribution in [0.5, 0.6) is 11.5 Å². The number of benzene rings is 1. The number of hydrogen-bond donors (Lipinski definition) is 2. The molecule has 7 heteroatoms. The number of aromatic hydroxyl groups is 1. The normalized spacial score (nSPS) is 11.8. The van der Waals surface area contributed by atoms with E-state index in [9.17, 15) is 13.5 Å². The van der Waals surface area contributed by atoms with E-state index in [0.717, 1.165) is 0 Å². The lowest BCUT2D eigenvalue weighted by molar-refractivity contribution is 0.406. The second kappa shape index (κ2) is 6.74. The molecular weight excluding hydrogens is 268 g/mol. The average molecular weight is 288 g/mol. The van der Waals surface area contributed by atoms with Gasteiger partial charge in [-0.05, 0) is 6.07 Å². The van der Waals surface area contributed by atoms with Crippen LogP contribution in [-0.2, 0) is 16.6 Å². The van der Waals surface area contributed by atoms with Crippen molar-refractivity contribution in [3.63, 3.8) is 0 Å². The van der Waals surface area contributed by atoms with E-state index in [0.29, 0.717) is 24.4 Å². The zero-order valence-corrected chi connectivity index (χ0v) is 12.2. The molecule has 0 saturated carbocycles. The summed E-state index contributed by atoms with van der Waals surface area (Å²) in [6.07, 6.45) is 0. The summed E-state index contributed by atoms with van der Waals surface area (Å²) in [5, 5.41) is 12.7. The quantitative estimate of drug-likeness (QED) is 0.709. The summed E-state index contributed by atoms with van der Waals surface area (Å²) < 4.78 is 29.2. The Morgan fingerprint density at radius 1 is 1.37 bits per heavy atom. The number of rotatable bonds is 7. The maximum absolute atomic E-state index is 11.5. The predicted molar refractivity (Wildman–Crippen MR) is 73.8 cm³/mol. The summed E-state index contributed by atoms with van der Waals surface area (Å²) in [5.74, 6) is 0.732. The monoisotopic (exact) mass is 288 g/mol. The smallest absolute Gasteiger partial charge is 0.214 e. The second-order valence-electron chi connectivity index (χ2n) is 4.27. The van der Waals surface area contributed by atoms with Crippen LogP contribution in [0.25, 0.3) is 0 Å². The number of sulfonamides is 1. The van der Waals surface area contributed by atoms with Crippen molar-refractivity contribution in [1.29, 1.82) is 0 Å². The van der Waals surface area contributed by atoms with Crippen molar-refractivity contribution < 1.29 is 18.3 Å². The van der Waals surface area contributed by atoms with Crippen molar-refractivity contribution in [2.24, 2.45) is 0 Å². The largest absolute Gasteiger partial charge is 0.507 e. The Morgan fingerprint density at radius 2 is 2.05 bits per heavy atom. The number of nitrogens with zero attached hydrogens (tertiary/aromatic N) is 1. The number of hydrogen-bond acceptors (Lipinski definition) is 5. The van der Waals surface area contributed by atoms with Gasteiger partial charge < -0.3 is 15.2 Å². The minimum atomic E-state index is -3.19. The molecule has 1 rings (SSSR count). The highest BCUT2D eigenvalue weighted by molar-refractivity contribution is 7.89. The molecule has 0 unspecified atom stereocenters. The first-order chi connectivity index (χ1) is 8.86. The van der Waals surface area contributed by atoms with Gasteiger partial charge in [-0.15, -0.1) is 0 Å². The van der Waals surface area contributed by atoms with Gasteiger partial charge >= 0.3 is 0 Å². The van der Waals surface area contributed by atoms with Crippen LogP contribution in [0, 0.1) is 0 Å². The number of phenols is 1. The molecule has 0 heterocycles. The lowest BCUT2D eigenvalue weighted by atomic mass is 10.2. The number of ether oxygens (including phenoxy) is 1. The van der Waals surface area contributed by atoms with Crippen molar-refractivity contribution >= 4 is 10.0 Å². The Morgan fingerprint density at radius 3 is 2.58 bits per heavy atom. The molecule has 2 N–H and O–H groups in total. The lowest BCUT2D eigenvalue weighted by Gasteiger charge is -2.12. The van der Waals surface area contributed by atoms with Crippen LogP contribution in [0.1, 0.15) is 5.56 Å². The molecule has 1 aromatic rings. The van der Waals surface area contributed by atoms with Crippen molar-refractivity contribution in [2.75, 3.05) is 33.5 Å². The molecule has 0 aliphatic rings. The minimum absolute atomic E-state index is 0.0247. The van der Waals surface area contributed by atoms with Gasteiger partial charge in [-0.25, -0.2) is 12.7 Å². The summed E-state index contributed by atoms with van der Waals surface area (Å²) in [5.41, 5.74) is 0.697. The predicted octanol–water partition coefficient (Wildman–Crippen LogP) is 0.382. The fourth-order valence-electron chi connectivity index (χ4n) is 1.43. The van der Waals surface area contributed by atoms with E-state index >= 15 is 0 Å². The Hall–Kier alpha value is -1.31. The van der Waals surface area contributed by atoms with Gasteiger partial charge in [0.2, 0.25) is 10.0 Å². The zero-order valence-electron chi connectivity index (χ0n) is 11.4. The van der Waals surface area contributed by atoms with Crippen LogP contribution >= 0.6 is 0 Å². The number of methoxy groups -OCH3 is 1. The Kier molecular flexibility index (Phi) is 5.59. The molecule has 0 atom stereocenters.